The Balaban J connectivity index is 3.77. The number of Topliss-reactive ketones (excluding diaryl/α,β-unsaturated/α-hetero) is 1. The number of carbonyl (C=O) groups is 3. The lowest BCUT2D eigenvalue weighted by molar-refractivity contribution is -0.138. The Labute approximate surface area is 138 Å². The minimum absolute atomic E-state index is 0.0815. The molecule has 0 aromatic heterocycles. The lowest BCUT2D eigenvalue weighted by Gasteiger charge is -2.18. The Kier molecular flexibility index (Phi) is 7.03. The summed E-state index contributed by atoms with van der Waals surface area (Å²) in [5.41, 5.74) is -0.694. The molecule has 9 heteroatoms. The molecule has 1 aromatic rings. The van der Waals surface area contributed by atoms with Gasteiger partial charge in [0, 0.05) is 19.8 Å². The number of ether oxygens (including phenoxy) is 2. The number of hydrogen-bond acceptors (Lipinski definition) is 8. The zero-order valence-corrected chi connectivity index (χ0v) is 14.5. The van der Waals surface area contributed by atoms with Gasteiger partial charge in [-0.25, -0.2) is 9.59 Å². The van der Waals surface area contributed by atoms with Gasteiger partial charge >= 0.3 is 19.5 Å². The van der Waals surface area contributed by atoms with Gasteiger partial charge < -0.3 is 18.5 Å². The van der Waals surface area contributed by atoms with Crippen LogP contribution in [0.1, 0.15) is 10.4 Å². The maximum atomic E-state index is 12.7. The Bertz CT molecular complexity index is 699. The van der Waals surface area contributed by atoms with Crippen LogP contribution in [-0.2, 0) is 32.7 Å². The normalized spacial score (nSPS) is 12.2. The third-order valence-corrected chi connectivity index (χ3v) is 4.94. The largest absolute Gasteiger partial charge is 0.465 e. The number of carbonyl (C=O) groups excluding carboxylic acids is 3. The van der Waals surface area contributed by atoms with E-state index in [1.165, 1.54) is 12.1 Å². The molecule has 0 atom stereocenters. The average Bonchev–Trinajstić information content (AvgIpc) is 2.64. The van der Waals surface area contributed by atoms with Crippen LogP contribution in [0.2, 0.25) is 0 Å². The first-order valence-corrected chi connectivity index (χ1v) is 8.13. The molecule has 0 aliphatic heterocycles. The minimum Gasteiger partial charge on any atom is -0.465 e. The van der Waals surface area contributed by atoms with Gasteiger partial charge in [-0.3, -0.25) is 9.36 Å². The number of methoxy groups -OCH3 is 2. The second-order valence-electron chi connectivity index (χ2n) is 4.26. The zero-order valence-electron chi connectivity index (χ0n) is 13.6. The Morgan fingerprint density at radius 2 is 1.33 bits per heavy atom. The first-order chi connectivity index (χ1) is 11.4. The Morgan fingerprint density at radius 1 is 0.833 bits per heavy atom. The van der Waals surface area contributed by atoms with Crippen LogP contribution in [0, 0.1) is 0 Å². The highest BCUT2D eigenvalue weighted by molar-refractivity contribution is 7.60. The van der Waals surface area contributed by atoms with E-state index in [0.717, 1.165) is 28.4 Å². The van der Waals surface area contributed by atoms with Crippen molar-refractivity contribution < 1.29 is 37.5 Å². The summed E-state index contributed by atoms with van der Waals surface area (Å²) < 4.78 is 31.3. The standard InChI is InChI=1S/C15H17O8P/c1-20-14(17)11(12(16)10-8-6-5-7-9-10)13(15(18)21-2)24(19,22-3)23-4/h5-9H,1-4H3/b13-11+. The van der Waals surface area contributed by atoms with Crippen LogP contribution in [0.5, 0.6) is 0 Å². The predicted octanol–water partition coefficient (Wildman–Crippen LogP) is 1.96. The van der Waals surface area contributed by atoms with E-state index in [1.54, 1.807) is 18.2 Å². The summed E-state index contributed by atoms with van der Waals surface area (Å²) in [7, 11) is -0.246. The first-order valence-electron chi connectivity index (χ1n) is 6.59. The first kappa shape index (κ1) is 19.8. The van der Waals surface area contributed by atoms with Crippen molar-refractivity contribution in [2.24, 2.45) is 0 Å². The molecule has 0 amide bonds. The van der Waals surface area contributed by atoms with E-state index in [4.69, 9.17) is 9.05 Å². The molecule has 1 rings (SSSR count). The fourth-order valence-corrected chi connectivity index (χ4v) is 3.13. The average molecular weight is 356 g/mol. The van der Waals surface area contributed by atoms with Crippen LogP contribution in [0.15, 0.2) is 41.2 Å². The molecule has 0 saturated heterocycles. The molecule has 1 aromatic carbocycles. The SMILES string of the molecule is COC(=O)/C(C(=O)c1ccccc1)=C(\C(=O)OC)P(=O)(OC)OC. The van der Waals surface area contributed by atoms with Gasteiger partial charge in [-0.2, -0.15) is 0 Å². The summed E-state index contributed by atoms with van der Waals surface area (Å²) in [6.07, 6.45) is 0. The van der Waals surface area contributed by atoms with Crippen molar-refractivity contribution in [2.45, 2.75) is 0 Å². The fraction of sp³-hybridized carbons (Fsp3) is 0.267. The zero-order chi connectivity index (χ0) is 18.3. The van der Waals surface area contributed by atoms with Gasteiger partial charge in [-0.05, 0) is 0 Å². The topological polar surface area (TPSA) is 105 Å². The van der Waals surface area contributed by atoms with E-state index < -0.39 is 36.2 Å². The van der Waals surface area contributed by atoms with Crippen molar-refractivity contribution in [2.75, 3.05) is 28.4 Å². The van der Waals surface area contributed by atoms with Crippen molar-refractivity contribution >= 4 is 25.3 Å². The molecule has 130 valence electrons. The summed E-state index contributed by atoms with van der Waals surface area (Å²) in [6.45, 7) is 0. The number of ketones is 1. The monoisotopic (exact) mass is 356 g/mol. The van der Waals surface area contributed by atoms with Gasteiger partial charge in [0.05, 0.1) is 14.2 Å². The summed E-state index contributed by atoms with van der Waals surface area (Å²) in [4.78, 5) is 36.9. The maximum Gasteiger partial charge on any atom is 0.369 e. The molecule has 0 heterocycles. The molecule has 24 heavy (non-hydrogen) atoms. The van der Waals surface area contributed by atoms with Crippen LogP contribution in [0.25, 0.3) is 0 Å². The van der Waals surface area contributed by atoms with Crippen molar-refractivity contribution in [3.63, 3.8) is 0 Å². The number of esters is 2. The van der Waals surface area contributed by atoms with Gasteiger partial charge in [0.15, 0.2) is 5.31 Å². The molecule has 0 radical (unpaired) electrons. The van der Waals surface area contributed by atoms with Crippen molar-refractivity contribution in [3.8, 4) is 0 Å². The van der Waals surface area contributed by atoms with Gasteiger partial charge in [-0.15, -0.1) is 0 Å². The maximum absolute atomic E-state index is 12.7. The smallest absolute Gasteiger partial charge is 0.369 e. The highest BCUT2D eigenvalue weighted by Gasteiger charge is 2.42. The molecular weight excluding hydrogens is 339 g/mol. The van der Waals surface area contributed by atoms with E-state index in [9.17, 15) is 18.9 Å². The lowest BCUT2D eigenvalue weighted by atomic mass is 10.0. The van der Waals surface area contributed by atoms with Crippen molar-refractivity contribution in [1.82, 2.24) is 0 Å². The Morgan fingerprint density at radius 3 is 1.75 bits per heavy atom. The predicted molar refractivity (Wildman–Crippen MR) is 83.5 cm³/mol. The van der Waals surface area contributed by atoms with Crippen LogP contribution in [0.4, 0.5) is 0 Å². The molecule has 8 nitrogen and oxygen atoms in total. The second kappa shape index (κ2) is 8.54. The van der Waals surface area contributed by atoms with Crippen LogP contribution in [-0.4, -0.2) is 46.2 Å². The molecule has 0 saturated carbocycles. The molecule has 0 N–H and O–H groups in total. The molecule has 0 aliphatic rings. The summed E-state index contributed by atoms with van der Waals surface area (Å²) in [5.74, 6) is -3.25. The number of hydrogen-bond donors (Lipinski definition) is 0. The minimum atomic E-state index is -4.28. The molecule has 0 spiro atoms. The summed E-state index contributed by atoms with van der Waals surface area (Å²) in [5, 5.41) is -0.823. The third kappa shape index (κ3) is 3.97. The van der Waals surface area contributed by atoms with Gasteiger partial charge in [0.2, 0.25) is 5.78 Å². The molecular formula is C15H17O8P. The summed E-state index contributed by atoms with van der Waals surface area (Å²) >= 11 is 0. The van der Waals surface area contributed by atoms with Crippen LogP contribution in [0.3, 0.4) is 0 Å². The van der Waals surface area contributed by atoms with Crippen LogP contribution >= 0.6 is 7.60 Å². The molecule has 0 aliphatic carbocycles. The van der Waals surface area contributed by atoms with E-state index >= 15 is 0 Å². The molecule has 0 fully saturated rings. The number of rotatable bonds is 7. The Hall–Kier alpha value is -2.28. The lowest BCUT2D eigenvalue weighted by Crippen LogP contribution is -2.22. The van der Waals surface area contributed by atoms with E-state index in [1.807, 2.05) is 0 Å². The molecule has 0 bridgehead atoms. The van der Waals surface area contributed by atoms with Gasteiger partial charge in [0.25, 0.3) is 0 Å². The van der Waals surface area contributed by atoms with Crippen molar-refractivity contribution in [1.29, 1.82) is 0 Å². The summed E-state index contributed by atoms with van der Waals surface area (Å²) in [6, 6.07) is 7.63. The highest BCUT2D eigenvalue weighted by Crippen LogP contribution is 2.56. The quantitative estimate of drug-likeness (QED) is 0.182. The van der Waals surface area contributed by atoms with E-state index in [0.29, 0.717) is 0 Å². The molecule has 0 unspecified atom stereocenters. The second-order valence-corrected chi connectivity index (χ2v) is 6.44. The van der Waals surface area contributed by atoms with Crippen LogP contribution < -0.4 is 0 Å². The number of benzene rings is 1. The van der Waals surface area contributed by atoms with Gasteiger partial charge in [-0.1, -0.05) is 30.3 Å². The van der Waals surface area contributed by atoms with E-state index in [2.05, 4.69) is 9.47 Å². The highest BCUT2D eigenvalue weighted by atomic mass is 31.2. The van der Waals surface area contributed by atoms with Gasteiger partial charge in [0.1, 0.15) is 5.57 Å². The fourth-order valence-electron chi connectivity index (χ4n) is 1.84. The van der Waals surface area contributed by atoms with Crippen molar-refractivity contribution in [3.05, 3.63) is 46.8 Å². The third-order valence-electron chi connectivity index (χ3n) is 3.02. The van der Waals surface area contributed by atoms with E-state index in [-0.39, 0.29) is 5.56 Å².